The summed E-state index contributed by atoms with van der Waals surface area (Å²) in [6.07, 6.45) is 16.1. The average Bonchev–Trinajstić information content (AvgIpc) is 2.75. The van der Waals surface area contributed by atoms with Gasteiger partial charge in [0.05, 0.1) is 0 Å². The van der Waals surface area contributed by atoms with Crippen LogP contribution >= 0.6 is 0 Å². The minimum absolute atomic E-state index is 0.837. The Bertz CT molecular complexity index is 196. The number of nitrogens with one attached hydrogen (secondary N) is 1. The van der Waals surface area contributed by atoms with Crippen molar-refractivity contribution in [1.29, 1.82) is 0 Å². The molecule has 2 aliphatic rings. The summed E-state index contributed by atoms with van der Waals surface area (Å²) in [6.45, 7) is 3.69. The molecule has 1 N–H and O–H groups in total. The summed E-state index contributed by atoms with van der Waals surface area (Å²) in [5.74, 6) is 2.05. The van der Waals surface area contributed by atoms with Crippen molar-refractivity contribution in [1.82, 2.24) is 5.32 Å². The molecule has 2 atom stereocenters. The first-order valence-electron chi connectivity index (χ1n) is 8.08. The van der Waals surface area contributed by atoms with Gasteiger partial charge in [0.2, 0.25) is 0 Å². The third-order valence-corrected chi connectivity index (χ3v) is 4.95. The van der Waals surface area contributed by atoms with Crippen LogP contribution in [0.1, 0.15) is 77.6 Å². The molecule has 2 unspecified atom stereocenters. The monoisotopic (exact) mass is 237 g/mol. The Morgan fingerprint density at radius 1 is 0.882 bits per heavy atom. The minimum Gasteiger partial charge on any atom is -0.314 e. The van der Waals surface area contributed by atoms with Gasteiger partial charge in [-0.3, -0.25) is 0 Å². The normalized spacial score (nSPS) is 31.6. The molecule has 2 saturated carbocycles. The van der Waals surface area contributed by atoms with E-state index in [9.17, 15) is 0 Å². The highest BCUT2D eigenvalue weighted by Crippen LogP contribution is 2.28. The average molecular weight is 237 g/mol. The van der Waals surface area contributed by atoms with Crippen LogP contribution in [0.4, 0.5) is 0 Å². The molecule has 100 valence electrons. The van der Waals surface area contributed by atoms with E-state index in [1.807, 2.05) is 0 Å². The fourth-order valence-corrected chi connectivity index (χ4v) is 3.69. The van der Waals surface area contributed by atoms with E-state index in [-0.39, 0.29) is 0 Å². The first-order valence-corrected chi connectivity index (χ1v) is 8.08. The highest BCUT2D eigenvalue weighted by Gasteiger charge is 2.16. The summed E-state index contributed by atoms with van der Waals surface area (Å²) in [5, 5.41) is 3.81. The molecule has 0 saturated heterocycles. The minimum atomic E-state index is 0.837. The molecule has 0 radical (unpaired) electrons. The molecule has 0 heterocycles. The Labute approximate surface area is 108 Å². The highest BCUT2D eigenvalue weighted by molar-refractivity contribution is 4.74. The maximum atomic E-state index is 3.81. The molecule has 0 aromatic heterocycles. The third-order valence-electron chi connectivity index (χ3n) is 4.95. The van der Waals surface area contributed by atoms with Crippen molar-refractivity contribution in [3.63, 3.8) is 0 Å². The lowest BCUT2D eigenvalue weighted by Gasteiger charge is -2.17. The Balaban J connectivity index is 1.52. The van der Waals surface area contributed by atoms with Gasteiger partial charge in [-0.15, -0.1) is 0 Å². The van der Waals surface area contributed by atoms with Crippen LogP contribution in [-0.2, 0) is 0 Å². The van der Waals surface area contributed by atoms with Gasteiger partial charge < -0.3 is 5.32 Å². The molecule has 0 spiro atoms. The van der Waals surface area contributed by atoms with Crippen molar-refractivity contribution in [3.8, 4) is 0 Å². The van der Waals surface area contributed by atoms with Crippen LogP contribution in [0.15, 0.2) is 0 Å². The van der Waals surface area contributed by atoms with Crippen molar-refractivity contribution in [3.05, 3.63) is 0 Å². The molecular weight excluding hydrogens is 206 g/mol. The SMILES string of the molecule is CC1CCCC(NCCCC2CCCC2)CC1. The fraction of sp³-hybridized carbons (Fsp3) is 1.00. The molecule has 2 fully saturated rings. The second-order valence-corrected chi connectivity index (χ2v) is 6.56. The Kier molecular flexibility index (Phi) is 5.84. The Morgan fingerprint density at radius 3 is 2.53 bits per heavy atom. The molecule has 1 heteroatoms. The zero-order valence-corrected chi connectivity index (χ0v) is 11.7. The van der Waals surface area contributed by atoms with Gasteiger partial charge in [-0.1, -0.05) is 45.4 Å². The largest absolute Gasteiger partial charge is 0.314 e. The van der Waals surface area contributed by atoms with Crippen molar-refractivity contribution in [2.45, 2.75) is 83.6 Å². The van der Waals surface area contributed by atoms with E-state index in [0.29, 0.717) is 0 Å². The van der Waals surface area contributed by atoms with E-state index in [1.54, 1.807) is 0 Å². The van der Waals surface area contributed by atoms with Crippen molar-refractivity contribution in [2.75, 3.05) is 6.54 Å². The van der Waals surface area contributed by atoms with Gasteiger partial charge in [0, 0.05) is 6.04 Å². The van der Waals surface area contributed by atoms with Crippen molar-refractivity contribution < 1.29 is 0 Å². The molecule has 0 amide bonds. The standard InChI is InChI=1S/C16H31N/c1-14-6-4-10-16(12-11-14)17-13-5-9-15-7-2-3-8-15/h14-17H,2-13H2,1H3. The van der Waals surface area contributed by atoms with Crippen LogP contribution < -0.4 is 5.32 Å². The zero-order chi connectivity index (χ0) is 11.9. The summed E-state index contributed by atoms with van der Waals surface area (Å²) in [7, 11) is 0. The Morgan fingerprint density at radius 2 is 1.71 bits per heavy atom. The third kappa shape index (κ3) is 4.99. The predicted molar refractivity (Wildman–Crippen MR) is 75.2 cm³/mol. The zero-order valence-electron chi connectivity index (χ0n) is 11.7. The molecule has 0 aliphatic heterocycles. The van der Waals surface area contributed by atoms with Crippen LogP contribution in [0.5, 0.6) is 0 Å². The summed E-state index contributed by atoms with van der Waals surface area (Å²) >= 11 is 0. The highest BCUT2D eigenvalue weighted by atomic mass is 14.9. The topological polar surface area (TPSA) is 12.0 Å². The van der Waals surface area contributed by atoms with Crippen LogP contribution in [0.25, 0.3) is 0 Å². The van der Waals surface area contributed by atoms with Crippen LogP contribution in [0.3, 0.4) is 0 Å². The molecule has 0 aromatic rings. The van der Waals surface area contributed by atoms with Gasteiger partial charge in [-0.05, 0) is 50.5 Å². The molecule has 2 aliphatic carbocycles. The molecule has 0 aromatic carbocycles. The van der Waals surface area contributed by atoms with Gasteiger partial charge in [0.25, 0.3) is 0 Å². The van der Waals surface area contributed by atoms with Gasteiger partial charge >= 0.3 is 0 Å². The quantitative estimate of drug-likeness (QED) is 0.548. The summed E-state index contributed by atoms with van der Waals surface area (Å²) in [5.41, 5.74) is 0. The second-order valence-electron chi connectivity index (χ2n) is 6.56. The van der Waals surface area contributed by atoms with Crippen LogP contribution in [0.2, 0.25) is 0 Å². The van der Waals surface area contributed by atoms with E-state index < -0.39 is 0 Å². The van der Waals surface area contributed by atoms with E-state index in [0.717, 1.165) is 17.9 Å². The van der Waals surface area contributed by atoms with Crippen LogP contribution in [-0.4, -0.2) is 12.6 Å². The molecule has 1 nitrogen and oxygen atoms in total. The lowest BCUT2D eigenvalue weighted by atomic mass is 10.0. The number of hydrogen-bond acceptors (Lipinski definition) is 1. The summed E-state index contributed by atoms with van der Waals surface area (Å²) < 4.78 is 0. The van der Waals surface area contributed by atoms with Crippen molar-refractivity contribution >= 4 is 0 Å². The molecule has 2 rings (SSSR count). The summed E-state index contributed by atoms with van der Waals surface area (Å²) in [6, 6.07) is 0.837. The maximum absolute atomic E-state index is 3.81. The summed E-state index contributed by atoms with van der Waals surface area (Å²) in [4.78, 5) is 0. The lowest BCUT2D eigenvalue weighted by Crippen LogP contribution is -2.29. The smallest absolute Gasteiger partial charge is 0.00671 e. The second kappa shape index (κ2) is 7.41. The molecule has 17 heavy (non-hydrogen) atoms. The molecule has 0 bridgehead atoms. The number of hydrogen-bond donors (Lipinski definition) is 1. The number of rotatable bonds is 5. The van der Waals surface area contributed by atoms with Gasteiger partial charge in [-0.2, -0.15) is 0 Å². The first-order chi connectivity index (χ1) is 8.34. The van der Waals surface area contributed by atoms with E-state index in [4.69, 9.17) is 0 Å². The Hall–Kier alpha value is -0.0400. The van der Waals surface area contributed by atoms with Crippen LogP contribution in [0, 0.1) is 11.8 Å². The van der Waals surface area contributed by atoms with Gasteiger partial charge in [-0.25, -0.2) is 0 Å². The maximum Gasteiger partial charge on any atom is 0.00671 e. The van der Waals surface area contributed by atoms with E-state index in [2.05, 4.69) is 12.2 Å². The fourth-order valence-electron chi connectivity index (χ4n) is 3.69. The van der Waals surface area contributed by atoms with Gasteiger partial charge in [0.15, 0.2) is 0 Å². The first kappa shape index (κ1) is 13.4. The lowest BCUT2D eigenvalue weighted by molar-refractivity contribution is 0.417. The predicted octanol–water partition coefficient (Wildman–Crippen LogP) is 4.52. The molecular formula is C16H31N. The van der Waals surface area contributed by atoms with Gasteiger partial charge in [0.1, 0.15) is 0 Å². The van der Waals surface area contributed by atoms with E-state index >= 15 is 0 Å². The van der Waals surface area contributed by atoms with Crippen molar-refractivity contribution in [2.24, 2.45) is 11.8 Å². The van der Waals surface area contributed by atoms with E-state index in [1.165, 1.54) is 77.2 Å².